The molecule has 8 heteroatoms. The van der Waals surface area contributed by atoms with Crippen LogP contribution in [0, 0.1) is 11.8 Å². The molecule has 3 atom stereocenters. The molecule has 0 saturated heterocycles. The summed E-state index contributed by atoms with van der Waals surface area (Å²) in [5.74, 6) is 1.21. The molecule has 1 N–H and O–H groups in total. The van der Waals surface area contributed by atoms with Crippen LogP contribution in [0.25, 0.3) is 11.1 Å². The molecule has 2 aliphatic rings. The van der Waals surface area contributed by atoms with Gasteiger partial charge in [-0.2, -0.15) is 22.0 Å². The van der Waals surface area contributed by atoms with Crippen LogP contribution in [0.5, 0.6) is 5.75 Å². The van der Waals surface area contributed by atoms with Crippen molar-refractivity contribution in [3.8, 4) is 5.75 Å². The van der Waals surface area contributed by atoms with E-state index in [0.29, 0.717) is 17.4 Å². The van der Waals surface area contributed by atoms with Gasteiger partial charge in [-0.3, -0.25) is 4.98 Å². The topological polar surface area (TPSA) is 34.2 Å². The molecule has 0 bridgehead atoms. The fourth-order valence-corrected chi connectivity index (χ4v) is 6.15. The Morgan fingerprint density at radius 3 is 2.45 bits per heavy atom. The zero-order chi connectivity index (χ0) is 27.4. The molecule has 1 fully saturated rings. The normalized spacial score (nSPS) is 21.5. The largest absolute Gasteiger partial charge is 0.435 e. The van der Waals surface area contributed by atoms with Gasteiger partial charge in [-0.15, -0.1) is 0 Å². The quantitative estimate of drug-likeness (QED) is 0.325. The average Bonchev–Trinajstić information content (AvgIpc) is 3.37. The lowest BCUT2D eigenvalue weighted by Gasteiger charge is -2.30. The van der Waals surface area contributed by atoms with Crippen molar-refractivity contribution in [1.29, 1.82) is 0 Å². The lowest BCUT2D eigenvalue weighted by Crippen LogP contribution is -2.39. The van der Waals surface area contributed by atoms with Crippen molar-refractivity contribution < 1.29 is 26.7 Å². The van der Waals surface area contributed by atoms with E-state index in [9.17, 15) is 22.0 Å². The van der Waals surface area contributed by atoms with Gasteiger partial charge >= 0.3 is 12.8 Å². The fraction of sp³-hybridized carbons (Fsp3) is 0.567. The highest BCUT2D eigenvalue weighted by Crippen LogP contribution is 2.50. The van der Waals surface area contributed by atoms with E-state index in [1.807, 2.05) is 18.2 Å². The standard InChI is InChI=1S/C30H37F5N2O/c1-4-7-23-24-12-11-22(38-29(31)32)14-26(24)18(2)25(21-8-5-6-9-21)15-27(23)28-13-10-20(17-37-28)16-36-19(3)30(33,34)35/h10-14,17-19,21,25,29,36H,4-9,15-16H2,1-3H3. The zero-order valence-electron chi connectivity index (χ0n) is 22.3. The Hall–Kier alpha value is -2.48. The molecule has 0 aliphatic heterocycles. The first-order valence-electron chi connectivity index (χ1n) is 13.6. The van der Waals surface area contributed by atoms with Gasteiger partial charge in [0, 0.05) is 12.7 Å². The Kier molecular flexibility index (Phi) is 9.11. The summed E-state index contributed by atoms with van der Waals surface area (Å²) in [5, 5.41) is 2.52. The predicted molar refractivity (Wildman–Crippen MR) is 140 cm³/mol. The van der Waals surface area contributed by atoms with Crippen molar-refractivity contribution in [1.82, 2.24) is 10.3 Å². The van der Waals surface area contributed by atoms with Gasteiger partial charge < -0.3 is 10.1 Å². The minimum Gasteiger partial charge on any atom is -0.435 e. The Labute approximate surface area is 221 Å². The van der Waals surface area contributed by atoms with Crippen molar-refractivity contribution in [3.05, 3.63) is 58.9 Å². The second-order valence-electron chi connectivity index (χ2n) is 10.7. The maximum Gasteiger partial charge on any atom is 0.403 e. The van der Waals surface area contributed by atoms with E-state index < -0.39 is 18.8 Å². The van der Waals surface area contributed by atoms with Gasteiger partial charge in [0.25, 0.3) is 0 Å². The van der Waals surface area contributed by atoms with Crippen LogP contribution in [0.15, 0.2) is 36.5 Å². The molecule has 2 aromatic rings. The van der Waals surface area contributed by atoms with Crippen LogP contribution in [0.1, 0.15) is 94.0 Å². The van der Waals surface area contributed by atoms with Crippen LogP contribution in [0.4, 0.5) is 22.0 Å². The zero-order valence-corrected chi connectivity index (χ0v) is 22.3. The van der Waals surface area contributed by atoms with E-state index in [1.165, 1.54) is 18.4 Å². The third kappa shape index (κ3) is 6.56. The first-order valence-corrected chi connectivity index (χ1v) is 13.6. The molecule has 38 heavy (non-hydrogen) atoms. The molecule has 208 valence electrons. The number of rotatable bonds is 9. The fourth-order valence-electron chi connectivity index (χ4n) is 6.15. The van der Waals surface area contributed by atoms with Gasteiger partial charge in [0.05, 0.1) is 5.69 Å². The van der Waals surface area contributed by atoms with Gasteiger partial charge in [0.2, 0.25) is 0 Å². The number of benzene rings is 1. The summed E-state index contributed by atoms with van der Waals surface area (Å²) >= 11 is 0. The summed E-state index contributed by atoms with van der Waals surface area (Å²) in [4.78, 5) is 4.73. The minimum atomic E-state index is -4.30. The highest BCUT2D eigenvalue weighted by Gasteiger charge is 2.37. The van der Waals surface area contributed by atoms with E-state index >= 15 is 0 Å². The Bertz CT molecular complexity index is 1110. The number of nitrogens with zero attached hydrogens (tertiary/aromatic N) is 1. The molecule has 4 rings (SSSR count). The molecule has 3 unspecified atom stereocenters. The molecule has 0 amide bonds. The molecular formula is C30H37F5N2O. The van der Waals surface area contributed by atoms with E-state index in [0.717, 1.165) is 61.4 Å². The third-order valence-electron chi connectivity index (χ3n) is 8.25. The van der Waals surface area contributed by atoms with Crippen molar-refractivity contribution in [2.75, 3.05) is 0 Å². The molecule has 1 saturated carbocycles. The third-order valence-corrected chi connectivity index (χ3v) is 8.25. The number of ether oxygens (including phenoxy) is 1. The summed E-state index contributed by atoms with van der Waals surface area (Å²) in [7, 11) is 0. The average molecular weight is 537 g/mol. The summed E-state index contributed by atoms with van der Waals surface area (Å²) in [6.07, 6.45) is 4.62. The number of hydrogen-bond acceptors (Lipinski definition) is 3. The van der Waals surface area contributed by atoms with E-state index in [2.05, 4.69) is 19.2 Å². The first kappa shape index (κ1) is 28.5. The monoisotopic (exact) mass is 536 g/mol. The van der Waals surface area contributed by atoms with Gasteiger partial charge in [-0.25, -0.2) is 0 Å². The van der Waals surface area contributed by atoms with Crippen LogP contribution in [-0.4, -0.2) is 23.8 Å². The maximum atomic E-state index is 13.0. The van der Waals surface area contributed by atoms with Crippen molar-refractivity contribution >= 4 is 11.1 Å². The van der Waals surface area contributed by atoms with Crippen LogP contribution in [-0.2, 0) is 6.54 Å². The summed E-state index contributed by atoms with van der Waals surface area (Å²) < 4.78 is 69.5. The van der Waals surface area contributed by atoms with Gasteiger partial charge in [-0.05, 0) is 83.6 Å². The lowest BCUT2D eigenvalue weighted by atomic mass is 9.75. The van der Waals surface area contributed by atoms with Gasteiger partial charge in [-0.1, -0.05) is 58.1 Å². The number of alkyl halides is 5. The second kappa shape index (κ2) is 12.1. The SMILES string of the molecule is CCCC1=C(c2ccc(CNC(C)C(F)(F)F)cn2)CC(C2CCCC2)C(C)c2cc(OC(F)F)ccc21. The van der Waals surface area contributed by atoms with E-state index in [1.54, 1.807) is 18.3 Å². The molecule has 0 spiro atoms. The van der Waals surface area contributed by atoms with Gasteiger partial charge in [0.1, 0.15) is 11.8 Å². The molecule has 1 aromatic carbocycles. The van der Waals surface area contributed by atoms with Crippen LogP contribution < -0.4 is 10.1 Å². The molecule has 3 nitrogen and oxygen atoms in total. The minimum absolute atomic E-state index is 0.0757. The Morgan fingerprint density at radius 2 is 1.84 bits per heavy atom. The predicted octanol–water partition coefficient (Wildman–Crippen LogP) is 8.75. The number of hydrogen-bond donors (Lipinski definition) is 1. The number of halogens is 5. The lowest BCUT2D eigenvalue weighted by molar-refractivity contribution is -0.151. The van der Waals surface area contributed by atoms with Crippen molar-refractivity contribution in [2.24, 2.45) is 11.8 Å². The summed E-state index contributed by atoms with van der Waals surface area (Å²) in [6, 6.07) is 7.46. The van der Waals surface area contributed by atoms with Crippen LogP contribution in [0.3, 0.4) is 0 Å². The number of nitrogens with one attached hydrogen (secondary N) is 1. The molecule has 1 heterocycles. The number of allylic oxidation sites excluding steroid dienone is 2. The first-order chi connectivity index (χ1) is 18.1. The highest BCUT2D eigenvalue weighted by atomic mass is 19.4. The molecule has 2 aliphatic carbocycles. The second-order valence-corrected chi connectivity index (χ2v) is 10.7. The molecule has 1 aromatic heterocycles. The Morgan fingerprint density at radius 1 is 1.11 bits per heavy atom. The molecule has 0 radical (unpaired) electrons. The number of aromatic nitrogens is 1. The number of fused-ring (bicyclic) bond motifs is 1. The van der Waals surface area contributed by atoms with E-state index in [4.69, 9.17) is 9.72 Å². The maximum absolute atomic E-state index is 13.0. The summed E-state index contributed by atoms with van der Waals surface area (Å²) in [6.45, 7) is 2.62. The van der Waals surface area contributed by atoms with E-state index in [-0.39, 0.29) is 18.2 Å². The Balaban J connectivity index is 1.73. The van der Waals surface area contributed by atoms with Gasteiger partial charge in [0.15, 0.2) is 0 Å². The number of pyridine rings is 1. The van der Waals surface area contributed by atoms with Crippen LogP contribution >= 0.6 is 0 Å². The highest BCUT2D eigenvalue weighted by molar-refractivity contribution is 5.92. The smallest absolute Gasteiger partial charge is 0.403 e. The van der Waals surface area contributed by atoms with Crippen molar-refractivity contribution in [2.45, 2.75) is 97.0 Å². The molecular weight excluding hydrogens is 499 g/mol. The van der Waals surface area contributed by atoms with Crippen LogP contribution in [0.2, 0.25) is 0 Å². The van der Waals surface area contributed by atoms with Crippen molar-refractivity contribution in [3.63, 3.8) is 0 Å². The summed E-state index contributed by atoms with van der Waals surface area (Å²) in [5.41, 5.74) is 5.94.